The fourth-order valence-electron chi connectivity index (χ4n) is 1.38. The average molecular weight is 260 g/mol. The predicted octanol–water partition coefficient (Wildman–Crippen LogP) is 1.75. The molecule has 0 aliphatic carbocycles. The quantitative estimate of drug-likeness (QED) is 0.733. The second-order valence-corrected chi connectivity index (χ2v) is 4.09. The van der Waals surface area contributed by atoms with Crippen molar-refractivity contribution in [1.29, 1.82) is 0 Å². The van der Waals surface area contributed by atoms with Crippen LogP contribution in [0.3, 0.4) is 0 Å². The van der Waals surface area contributed by atoms with Crippen LogP contribution in [0, 0.1) is 0 Å². The molecule has 4 nitrogen and oxygen atoms in total. The first-order chi connectivity index (χ1) is 8.15. The topological polar surface area (TPSA) is 64.7 Å². The van der Waals surface area contributed by atoms with Crippen molar-refractivity contribution >= 4 is 11.6 Å². The van der Waals surface area contributed by atoms with E-state index in [4.69, 9.17) is 31.9 Å². The van der Waals surface area contributed by atoms with Crippen molar-refractivity contribution in [1.82, 2.24) is 0 Å². The van der Waals surface area contributed by atoms with E-state index in [-0.39, 0.29) is 12.6 Å². The van der Waals surface area contributed by atoms with Crippen LogP contribution in [0.1, 0.15) is 18.5 Å². The van der Waals surface area contributed by atoms with Crippen molar-refractivity contribution < 1.29 is 14.6 Å². The minimum Gasteiger partial charge on any atom is -0.491 e. The molecule has 0 unspecified atom stereocenters. The molecule has 1 atom stereocenters. The molecule has 0 radical (unpaired) electrons. The highest BCUT2D eigenvalue weighted by Gasteiger charge is 2.08. The maximum Gasteiger partial charge on any atom is 0.124 e. The second-order valence-electron chi connectivity index (χ2n) is 3.66. The van der Waals surface area contributed by atoms with Crippen molar-refractivity contribution in [3.63, 3.8) is 0 Å². The fraction of sp³-hybridized carbons (Fsp3) is 0.500. The Labute approximate surface area is 106 Å². The number of hydrogen-bond donors (Lipinski definition) is 2. The van der Waals surface area contributed by atoms with Crippen LogP contribution in [0.5, 0.6) is 5.75 Å². The van der Waals surface area contributed by atoms with Crippen LogP contribution < -0.4 is 10.5 Å². The smallest absolute Gasteiger partial charge is 0.124 e. The number of aliphatic hydroxyl groups is 1. The van der Waals surface area contributed by atoms with Gasteiger partial charge in [0.2, 0.25) is 0 Å². The van der Waals surface area contributed by atoms with E-state index in [1.165, 1.54) is 0 Å². The third kappa shape index (κ3) is 4.91. The van der Waals surface area contributed by atoms with E-state index in [1.54, 1.807) is 18.2 Å². The van der Waals surface area contributed by atoms with Gasteiger partial charge in [-0.05, 0) is 25.1 Å². The van der Waals surface area contributed by atoms with E-state index in [0.717, 1.165) is 11.3 Å². The molecule has 0 aliphatic rings. The van der Waals surface area contributed by atoms with Gasteiger partial charge in [-0.3, -0.25) is 0 Å². The first-order valence-corrected chi connectivity index (χ1v) is 5.89. The van der Waals surface area contributed by atoms with Gasteiger partial charge in [-0.1, -0.05) is 11.6 Å². The molecule has 0 aliphatic heterocycles. The molecule has 1 rings (SSSR count). The molecular weight excluding hydrogens is 242 g/mol. The summed E-state index contributed by atoms with van der Waals surface area (Å²) in [5.74, 6) is 0.719. The second kappa shape index (κ2) is 7.50. The summed E-state index contributed by atoms with van der Waals surface area (Å²) in [5.41, 5.74) is 6.71. The van der Waals surface area contributed by atoms with E-state index >= 15 is 0 Å². The van der Waals surface area contributed by atoms with Gasteiger partial charge in [-0.25, -0.2) is 0 Å². The van der Waals surface area contributed by atoms with Crippen LogP contribution in [0.25, 0.3) is 0 Å². The van der Waals surface area contributed by atoms with Gasteiger partial charge in [0.1, 0.15) is 12.4 Å². The Morgan fingerprint density at radius 3 is 2.76 bits per heavy atom. The lowest BCUT2D eigenvalue weighted by atomic mass is 10.1. The van der Waals surface area contributed by atoms with Gasteiger partial charge >= 0.3 is 0 Å². The third-order valence-electron chi connectivity index (χ3n) is 2.18. The summed E-state index contributed by atoms with van der Waals surface area (Å²) in [6.07, 6.45) is 0. The lowest BCUT2D eigenvalue weighted by Gasteiger charge is -2.14. The minimum atomic E-state index is -0.137. The number of hydrogen-bond acceptors (Lipinski definition) is 4. The lowest BCUT2D eigenvalue weighted by Crippen LogP contribution is -2.12. The first-order valence-electron chi connectivity index (χ1n) is 5.51. The summed E-state index contributed by atoms with van der Waals surface area (Å²) in [6.45, 7) is 3.07. The van der Waals surface area contributed by atoms with Gasteiger partial charge in [0.05, 0.1) is 19.8 Å². The zero-order chi connectivity index (χ0) is 12.7. The monoisotopic (exact) mass is 259 g/mol. The lowest BCUT2D eigenvalue weighted by molar-refractivity contribution is 0.0702. The molecule has 1 aromatic carbocycles. The highest BCUT2D eigenvalue weighted by Crippen LogP contribution is 2.27. The van der Waals surface area contributed by atoms with Gasteiger partial charge in [-0.15, -0.1) is 0 Å². The van der Waals surface area contributed by atoms with Crippen LogP contribution >= 0.6 is 11.6 Å². The van der Waals surface area contributed by atoms with Gasteiger partial charge in [0, 0.05) is 16.6 Å². The standard InChI is InChI=1S/C12H18ClNO3/c1-9(14)11-8-10(13)2-3-12(11)17-7-6-16-5-4-15/h2-3,8-9,15H,4-7,14H2,1H3/t9-/m0/s1. The molecule has 0 fully saturated rings. The summed E-state index contributed by atoms with van der Waals surface area (Å²) in [5, 5.41) is 9.17. The van der Waals surface area contributed by atoms with E-state index in [0.29, 0.717) is 24.8 Å². The molecule has 5 heteroatoms. The van der Waals surface area contributed by atoms with E-state index in [1.807, 2.05) is 6.92 Å². The zero-order valence-electron chi connectivity index (χ0n) is 9.86. The zero-order valence-corrected chi connectivity index (χ0v) is 10.6. The van der Waals surface area contributed by atoms with Gasteiger partial charge < -0.3 is 20.3 Å². The Balaban J connectivity index is 2.52. The number of aliphatic hydroxyl groups excluding tert-OH is 1. The number of benzene rings is 1. The summed E-state index contributed by atoms with van der Waals surface area (Å²) in [7, 11) is 0. The molecule has 0 saturated heterocycles. The van der Waals surface area contributed by atoms with Crippen LogP contribution in [-0.4, -0.2) is 31.5 Å². The third-order valence-corrected chi connectivity index (χ3v) is 2.42. The number of ether oxygens (including phenoxy) is 2. The minimum absolute atomic E-state index is 0.0199. The predicted molar refractivity (Wildman–Crippen MR) is 67.5 cm³/mol. The highest BCUT2D eigenvalue weighted by molar-refractivity contribution is 6.30. The summed E-state index contributed by atoms with van der Waals surface area (Å²) in [4.78, 5) is 0. The SMILES string of the molecule is C[C@H](N)c1cc(Cl)ccc1OCCOCCO. The normalized spacial score (nSPS) is 12.5. The summed E-state index contributed by atoms with van der Waals surface area (Å²) < 4.78 is 10.7. The van der Waals surface area contributed by atoms with Crippen molar-refractivity contribution in [2.45, 2.75) is 13.0 Å². The highest BCUT2D eigenvalue weighted by atomic mass is 35.5. The van der Waals surface area contributed by atoms with Crippen molar-refractivity contribution in [2.24, 2.45) is 5.73 Å². The van der Waals surface area contributed by atoms with Gasteiger partial charge in [0.25, 0.3) is 0 Å². The summed E-state index contributed by atoms with van der Waals surface area (Å²) >= 11 is 5.90. The van der Waals surface area contributed by atoms with Crippen LogP contribution in [0.2, 0.25) is 5.02 Å². The van der Waals surface area contributed by atoms with Crippen LogP contribution in [-0.2, 0) is 4.74 Å². The molecule has 1 aromatic rings. The van der Waals surface area contributed by atoms with E-state index < -0.39 is 0 Å². The van der Waals surface area contributed by atoms with Crippen LogP contribution in [0.4, 0.5) is 0 Å². The van der Waals surface area contributed by atoms with Gasteiger partial charge in [-0.2, -0.15) is 0 Å². The summed E-state index contributed by atoms with van der Waals surface area (Å²) in [6, 6.07) is 5.22. The fourth-order valence-corrected chi connectivity index (χ4v) is 1.56. The molecule has 0 amide bonds. The number of nitrogens with two attached hydrogens (primary N) is 1. The first kappa shape index (κ1) is 14.3. The molecule has 0 bridgehead atoms. The van der Waals surface area contributed by atoms with Crippen molar-refractivity contribution in [3.8, 4) is 5.75 Å². The van der Waals surface area contributed by atoms with E-state index in [2.05, 4.69) is 0 Å². The van der Waals surface area contributed by atoms with Crippen molar-refractivity contribution in [2.75, 3.05) is 26.4 Å². The molecule has 0 spiro atoms. The van der Waals surface area contributed by atoms with Crippen molar-refractivity contribution in [3.05, 3.63) is 28.8 Å². The Morgan fingerprint density at radius 2 is 2.12 bits per heavy atom. The molecule has 96 valence electrons. The number of halogens is 1. The average Bonchev–Trinajstić information content (AvgIpc) is 2.30. The maximum atomic E-state index is 8.53. The molecule has 17 heavy (non-hydrogen) atoms. The Hall–Kier alpha value is -0.810. The molecular formula is C12H18ClNO3. The molecule has 3 N–H and O–H groups in total. The number of rotatable bonds is 7. The van der Waals surface area contributed by atoms with E-state index in [9.17, 15) is 0 Å². The Bertz CT molecular complexity index is 345. The molecule has 0 saturated carbocycles. The molecule has 0 aromatic heterocycles. The largest absolute Gasteiger partial charge is 0.491 e. The maximum absolute atomic E-state index is 8.53. The Kier molecular flexibility index (Phi) is 6.29. The Morgan fingerprint density at radius 1 is 1.35 bits per heavy atom. The molecule has 0 heterocycles. The van der Waals surface area contributed by atoms with Crippen LogP contribution in [0.15, 0.2) is 18.2 Å². The van der Waals surface area contributed by atoms with Gasteiger partial charge in [0.15, 0.2) is 0 Å².